The average Bonchev–Trinajstić information content (AvgIpc) is 1.83. The molecule has 0 atom stereocenters. The van der Waals surface area contributed by atoms with E-state index in [2.05, 4.69) is 0 Å². The van der Waals surface area contributed by atoms with Crippen molar-refractivity contribution in [2.45, 2.75) is 24.7 Å². The van der Waals surface area contributed by atoms with Crippen LogP contribution in [0.1, 0.15) is 6.42 Å². The zero-order valence-electron chi connectivity index (χ0n) is 5.81. The summed E-state index contributed by atoms with van der Waals surface area (Å²) in [4.78, 5) is 0. The Hall–Kier alpha value is -0.560. The molecule has 0 heterocycles. The van der Waals surface area contributed by atoms with E-state index in [1.54, 1.807) is 0 Å². The lowest BCUT2D eigenvalue weighted by atomic mass is 10.1. The van der Waals surface area contributed by atoms with Crippen LogP contribution in [0.15, 0.2) is 0 Å². The Balaban J connectivity index is 4.60. The molecule has 0 saturated carbocycles. The van der Waals surface area contributed by atoms with E-state index in [0.717, 1.165) is 0 Å². The first-order valence-corrected chi connectivity index (χ1v) is 2.83. The maximum atomic E-state index is 12.0. The van der Waals surface area contributed by atoms with Crippen molar-refractivity contribution in [3.63, 3.8) is 0 Å². The Kier molecular flexibility index (Phi) is 3.51. The van der Waals surface area contributed by atoms with Gasteiger partial charge in [0.1, 0.15) is 0 Å². The van der Waals surface area contributed by atoms with Gasteiger partial charge in [-0.1, -0.05) is 0 Å². The Labute approximate surface area is 67.5 Å². The molecule has 0 aliphatic carbocycles. The lowest BCUT2D eigenvalue weighted by Gasteiger charge is -2.24. The molecule has 0 aromatic carbocycles. The van der Waals surface area contributed by atoms with Gasteiger partial charge in [0.2, 0.25) is 6.43 Å². The second-order valence-electron chi connectivity index (χ2n) is 2.13. The van der Waals surface area contributed by atoms with Crippen LogP contribution in [0, 0.1) is 6.43 Å². The van der Waals surface area contributed by atoms with Crippen LogP contribution in [0.25, 0.3) is 0 Å². The summed E-state index contributed by atoms with van der Waals surface area (Å²) in [5.41, 5.74) is 0. The highest BCUT2D eigenvalue weighted by Gasteiger charge is 2.64. The summed E-state index contributed by atoms with van der Waals surface area (Å²) in [6.07, 6.45) is -10.3. The van der Waals surface area contributed by atoms with Crippen molar-refractivity contribution in [2.75, 3.05) is 0 Å². The van der Waals surface area contributed by atoms with Crippen LogP contribution in [0.4, 0.5) is 35.1 Å². The van der Waals surface area contributed by atoms with Crippen molar-refractivity contribution >= 4 is 0 Å². The molecule has 0 N–H and O–H groups in total. The maximum absolute atomic E-state index is 12.0. The standard InChI is InChI=1S/C5H3F8/c6-2(7)1-4(10,11)5(12,13)3(8)9/h2H,1H2. The van der Waals surface area contributed by atoms with Gasteiger partial charge in [0.25, 0.3) is 0 Å². The monoisotopic (exact) mass is 215 g/mol. The molecule has 0 aromatic rings. The summed E-state index contributed by atoms with van der Waals surface area (Å²) in [6, 6.07) is 0. The van der Waals surface area contributed by atoms with Crippen molar-refractivity contribution in [3.05, 3.63) is 6.43 Å². The number of alkyl halides is 6. The van der Waals surface area contributed by atoms with E-state index < -0.39 is 31.1 Å². The van der Waals surface area contributed by atoms with Crippen LogP contribution in [-0.2, 0) is 0 Å². The minimum atomic E-state index is -5.80. The molecular formula is C5H3F8. The van der Waals surface area contributed by atoms with Crippen molar-refractivity contribution < 1.29 is 35.1 Å². The van der Waals surface area contributed by atoms with E-state index in [1.807, 2.05) is 0 Å². The second kappa shape index (κ2) is 3.67. The fourth-order valence-electron chi connectivity index (χ4n) is 0.460. The van der Waals surface area contributed by atoms with Crippen molar-refractivity contribution in [1.82, 2.24) is 0 Å². The molecule has 0 spiro atoms. The molecule has 79 valence electrons. The summed E-state index contributed by atoms with van der Waals surface area (Å²) in [5.74, 6) is -11.2. The SMILES string of the molecule is F[C](F)C(F)(F)C(F)(F)CC(F)F. The zero-order valence-corrected chi connectivity index (χ0v) is 5.81. The first-order valence-electron chi connectivity index (χ1n) is 2.83. The molecule has 0 aliphatic heterocycles. The summed E-state index contributed by atoms with van der Waals surface area (Å²) >= 11 is 0. The Morgan fingerprint density at radius 3 is 1.62 bits per heavy atom. The predicted molar refractivity (Wildman–Crippen MR) is 26.0 cm³/mol. The third-order valence-electron chi connectivity index (χ3n) is 1.11. The molecule has 0 amide bonds. The van der Waals surface area contributed by atoms with Crippen molar-refractivity contribution in [3.8, 4) is 0 Å². The van der Waals surface area contributed by atoms with E-state index >= 15 is 0 Å². The number of hydrogen-bond donors (Lipinski definition) is 0. The van der Waals surface area contributed by atoms with E-state index in [9.17, 15) is 35.1 Å². The summed E-state index contributed by atoms with van der Waals surface area (Å²) in [6.45, 7) is 0. The van der Waals surface area contributed by atoms with Gasteiger partial charge in [-0.25, -0.2) is 8.78 Å². The van der Waals surface area contributed by atoms with Crippen LogP contribution in [0.5, 0.6) is 0 Å². The average molecular weight is 215 g/mol. The molecule has 1 radical (unpaired) electrons. The number of rotatable bonds is 4. The quantitative estimate of drug-likeness (QED) is 0.631. The molecule has 0 fully saturated rings. The third-order valence-corrected chi connectivity index (χ3v) is 1.11. The molecule has 0 saturated heterocycles. The second-order valence-corrected chi connectivity index (χ2v) is 2.13. The fraction of sp³-hybridized carbons (Fsp3) is 0.800. The Bertz CT molecular complexity index is 162. The molecule has 8 heteroatoms. The van der Waals surface area contributed by atoms with E-state index in [0.29, 0.717) is 0 Å². The summed E-state index contributed by atoms with van der Waals surface area (Å²) < 4.78 is 92.5. The van der Waals surface area contributed by atoms with Crippen LogP contribution >= 0.6 is 0 Å². The van der Waals surface area contributed by atoms with Crippen LogP contribution in [0.2, 0.25) is 0 Å². The largest absolute Gasteiger partial charge is 0.384 e. The minimum absolute atomic E-state index is 2.60. The minimum Gasteiger partial charge on any atom is -0.210 e. The van der Waals surface area contributed by atoms with Gasteiger partial charge in [-0.15, -0.1) is 0 Å². The molecule has 0 nitrogen and oxygen atoms in total. The molecular weight excluding hydrogens is 212 g/mol. The highest BCUT2D eigenvalue weighted by molar-refractivity contribution is 4.96. The number of hydrogen-bond acceptors (Lipinski definition) is 0. The van der Waals surface area contributed by atoms with Gasteiger partial charge in [0.05, 0.1) is 6.42 Å². The zero-order chi connectivity index (χ0) is 10.9. The highest BCUT2D eigenvalue weighted by Crippen LogP contribution is 2.45. The van der Waals surface area contributed by atoms with Gasteiger partial charge in [0.15, 0.2) is 0 Å². The molecule has 0 aromatic heterocycles. The third kappa shape index (κ3) is 2.70. The number of halogens is 8. The Morgan fingerprint density at radius 1 is 1.00 bits per heavy atom. The first-order chi connectivity index (χ1) is 5.61. The molecule has 0 bridgehead atoms. The van der Waals surface area contributed by atoms with Gasteiger partial charge in [-0.3, -0.25) is 0 Å². The lowest BCUT2D eigenvalue weighted by Crippen LogP contribution is -2.44. The summed E-state index contributed by atoms with van der Waals surface area (Å²) in [5, 5.41) is 0. The van der Waals surface area contributed by atoms with E-state index in [4.69, 9.17) is 0 Å². The topological polar surface area (TPSA) is 0 Å². The maximum Gasteiger partial charge on any atom is 0.384 e. The van der Waals surface area contributed by atoms with Gasteiger partial charge in [-0.05, 0) is 0 Å². The van der Waals surface area contributed by atoms with Crippen molar-refractivity contribution in [1.29, 1.82) is 0 Å². The normalized spacial score (nSPS) is 14.3. The molecule has 0 aliphatic rings. The lowest BCUT2D eigenvalue weighted by molar-refractivity contribution is -0.240. The molecule has 13 heavy (non-hydrogen) atoms. The van der Waals surface area contributed by atoms with Crippen LogP contribution in [-0.4, -0.2) is 18.3 Å². The molecule has 0 unspecified atom stereocenters. The smallest absolute Gasteiger partial charge is 0.210 e. The fourth-order valence-corrected chi connectivity index (χ4v) is 0.460. The highest BCUT2D eigenvalue weighted by atomic mass is 19.3. The van der Waals surface area contributed by atoms with Crippen LogP contribution in [0.3, 0.4) is 0 Å². The first kappa shape index (κ1) is 12.4. The van der Waals surface area contributed by atoms with E-state index in [1.165, 1.54) is 0 Å². The summed E-state index contributed by atoms with van der Waals surface area (Å²) in [7, 11) is 0. The van der Waals surface area contributed by atoms with Gasteiger partial charge >= 0.3 is 18.3 Å². The van der Waals surface area contributed by atoms with E-state index in [-0.39, 0.29) is 0 Å². The van der Waals surface area contributed by atoms with Crippen molar-refractivity contribution in [2.24, 2.45) is 0 Å². The van der Waals surface area contributed by atoms with Gasteiger partial charge < -0.3 is 0 Å². The van der Waals surface area contributed by atoms with Crippen LogP contribution < -0.4 is 0 Å². The molecule has 0 rings (SSSR count). The van der Waals surface area contributed by atoms with Gasteiger partial charge in [-0.2, -0.15) is 26.3 Å². The predicted octanol–water partition coefficient (Wildman–Crippen LogP) is 3.34. The Morgan fingerprint density at radius 2 is 1.38 bits per heavy atom. The van der Waals surface area contributed by atoms with Gasteiger partial charge in [0, 0.05) is 0 Å².